The second-order valence-corrected chi connectivity index (χ2v) is 3.27. The van der Waals surface area contributed by atoms with Gasteiger partial charge in [-0.2, -0.15) is 0 Å². The van der Waals surface area contributed by atoms with Crippen LogP contribution in [0.1, 0.15) is 6.92 Å². The molecule has 0 spiro atoms. The number of likely N-dealkylation sites (N-methyl/N-ethyl adjacent to an activating group) is 1. The third kappa shape index (κ3) is 1.49. The molecule has 1 aromatic carbocycles. The second kappa shape index (κ2) is 3.42. The van der Waals surface area contributed by atoms with Gasteiger partial charge in [0.15, 0.2) is 6.61 Å². The van der Waals surface area contributed by atoms with Gasteiger partial charge in [-0.05, 0) is 13.0 Å². The van der Waals surface area contributed by atoms with E-state index in [1.54, 1.807) is 0 Å². The first kappa shape index (κ1) is 9.76. The third-order valence-electron chi connectivity index (χ3n) is 2.34. The fourth-order valence-electron chi connectivity index (χ4n) is 1.58. The summed E-state index contributed by atoms with van der Waals surface area (Å²) in [5.41, 5.74) is 5.99. The average molecular weight is 210 g/mol. The number of anilines is 2. The average Bonchev–Trinajstić information content (AvgIpc) is 2.21. The Hall–Kier alpha value is -1.78. The third-order valence-corrected chi connectivity index (χ3v) is 2.34. The van der Waals surface area contributed by atoms with Gasteiger partial charge in [0.05, 0.1) is 11.4 Å². The highest BCUT2D eigenvalue weighted by molar-refractivity contribution is 5.98. The van der Waals surface area contributed by atoms with Crippen molar-refractivity contribution in [2.24, 2.45) is 0 Å². The SMILES string of the molecule is CCN1C(=O)COc2cc(F)c(N)cc21. The second-order valence-electron chi connectivity index (χ2n) is 3.27. The number of ether oxygens (including phenoxy) is 1. The van der Waals surface area contributed by atoms with Crippen molar-refractivity contribution < 1.29 is 13.9 Å². The molecular formula is C10H11FN2O2. The number of hydrogen-bond donors (Lipinski definition) is 1. The minimum absolute atomic E-state index is 0.0190. The lowest BCUT2D eigenvalue weighted by Crippen LogP contribution is -2.38. The monoisotopic (exact) mass is 210 g/mol. The van der Waals surface area contributed by atoms with Gasteiger partial charge in [0.2, 0.25) is 0 Å². The topological polar surface area (TPSA) is 55.6 Å². The smallest absolute Gasteiger partial charge is 0.265 e. The molecule has 15 heavy (non-hydrogen) atoms. The first-order valence-electron chi connectivity index (χ1n) is 4.65. The Morgan fingerprint density at radius 2 is 2.33 bits per heavy atom. The summed E-state index contributed by atoms with van der Waals surface area (Å²) in [5, 5.41) is 0. The van der Waals surface area contributed by atoms with E-state index in [-0.39, 0.29) is 18.2 Å². The predicted octanol–water partition coefficient (Wildman–Crippen LogP) is 1.15. The lowest BCUT2D eigenvalue weighted by Gasteiger charge is -2.28. The van der Waals surface area contributed by atoms with Gasteiger partial charge in [0.25, 0.3) is 5.91 Å². The molecule has 1 aromatic rings. The van der Waals surface area contributed by atoms with Crippen LogP contribution in [0.5, 0.6) is 5.75 Å². The number of benzene rings is 1. The van der Waals surface area contributed by atoms with Crippen molar-refractivity contribution in [2.45, 2.75) is 6.92 Å². The fourth-order valence-corrected chi connectivity index (χ4v) is 1.58. The Labute approximate surface area is 86.4 Å². The Morgan fingerprint density at radius 1 is 1.60 bits per heavy atom. The number of nitrogen functional groups attached to an aromatic ring is 1. The Bertz CT molecular complexity index is 420. The lowest BCUT2D eigenvalue weighted by atomic mass is 10.2. The number of carbonyl (C=O) groups is 1. The molecule has 5 heteroatoms. The molecule has 2 N–H and O–H groups in total. The van der Waals surface area contributed by atoms with Gasteiger partial charge in [-0.25, -0.2) is 4.39 Å². The van der Waals surface area contributed by atoms with E-state index < -0.39 is 5.82 Å². The van der Waals surface area contributed by atoms with E-state index in [0.717, 1.165) is 0 Å². The van der Waals surface area contributed by atoms with Crippen LogP contribution in [0.2, 0.25) is 0 Å². The summed E-state index contributed by atoms with van der Waals surface area (Å²) in [7, 11) is 0. The summed E-state index contributed by atoms with van der Waals surface area (Å²) in [4.78, 5) is 13.0. The molecule has 0 unspecified atom stereocenters. The maximum atomic E-state index is 13.1. The number of halogens is 1. The molecule has 0 saturated heterocycles. The summed E-state index contributed by atoms with van der Waals surface area (Å²) < 4.78 is 18.2. The number of rotatable bonds is 1. The molecule has 0 saturated carbocycles. The van der Waals surface area contributed by atoms with Crippen molar-refractivity contribution in [1.29, 1.82) is 0 Å². The van der Waals surface area contributed by atoms with E-state index in [0.29, 0.717) is 18.0 Å². The molecule has 80 valence electrons. The van der Waals surface area contributed by atoms with E-state index >= 15 is 0 Å². The standard InChI is InChI=1S/C10H11FN2O2/c1-2-13-8-4-7(12)6(11)3-9(8)15-5-10(13)14/h3-4H,2,5,12H2,1H3. The maximum absolute atomic E-state index is 13.1. The van der Waals surface area contributed by atoms with Gasteiger partial charge in [-0.3, -0.25) is 4.79 Å². The number of nitrogens with zero attached hydrogens (tertiary/aromatic N) is 1. The van der Waals surface area contributed by atoms with Gasteiger partial charge >= 0.3 is 0 Å². The molecule has 0 atom stereocenters. The molecule has 0 fully saturated rings. The summed E-state index contributed by atoms with van der Waals surface area (Å²) in [5.74, 6) is -0.307. The Kier molecular flexibility index (Phi) is 2.22. The first-order valence-corrected chi connectivity index (χ1v) is 4.65. The van der Waals surface area contributed by atoms with Crippen molar-refractivity contribution in [1.82, 2.24) is 0 Å². The van der Waals surface area contributed by atoms with Crippen LogP contribution in [0.15, 0.2) is 12.1 Å². The number of hydrogen-bond acceptors (Lipinski definition) is 3. The van der Waals surface area contributed by atoms with Crippen LogP contribution in [0, 0.1) is 5.82 Å². The summed E-state index contributed by atoms with van der Waals surface area (Å²) >= 11 is 0. The number of nitrogens with two attached hydrogens (primary N) is 1. The van der Waals surface area contributed by atoms with E-state index in [1.807, 2.05) is 6.92 Å². The summed E-state index contributed by atoms with van der Waals surface area (Å²) in [6.07, 6.45) is 0. The van der Waals surface area contributed by atoms with Crippen LogP contribution in [0.25, 0.3) is 0 Å². The van der Waals surface area contributed by atoms with Crippen LogP contribution >= 0.6 is 0 Å². The zero-order valence-corrected chi connectivity index (χ0v) is 8.29. The van der Waals surface area contributed by atoms with Crippen LogP contribution in [0.4, 0.5) is 15.8 Å². The normalized spacial score (nSPS) is 14.8. The minimum Gasteiger partial charge on any atom is -0.481 e. The van der Waals surface area contributed by atoms with Crippen LogP contribution in [-0.2, 0) is 4.79 Å². The molecule has 1 aliphatic rings. The summed E-state index contributed by atoms with van der Waals surface area (Å²) in [6, 6.07) is 2.63. The van der Waals surface area contributed by atoms with Gasteiger partial charge in [-0.1, -0.05) is 0 Å². The maximum Gasteiger partial charge on any atom is 0.265 e. The predicted molar refractivity (Wildman–Crippen MR) is 54.3 cm³/mol. The van der Waals surface area contributed by atoms with Crippen molar-refractivity contribution >= 4 is 17.3 Å². The Morgan fingerprint density at radius 3 is 3.00 bits per heavy atom. The van der Waals surface area contributed by atoms with Gasteiger partial charge in [-0.15, -0.1) is 0 Å². The molecule has 1 amide bonds. The van der Waals surface area contributed by atoms with E-state index in [9.17, 15) is 9.18 Å². The van der Waals surface area contributed by atoms with E-state index in [4.69, 9.17) is 10.5 Å². The van der Waals surface area contributed by atoms with E-state index in [1.165, 1.54) is 17.0 Å². The summed E-state index contributed by atoms with van der Waals surface area (Å²) in [6.45, 7) is 2.30. The quantitative estimate of drug-likeness (QED) is 0.707. The number of amides is 1. The minimum atomic E-state index is -0.529. The van der Waals surface area contributed by atoms with Crippen LogP contribution in [0.3, 0.4) is 0 Å². The Balaban J connectivity index is 2.53. The molecular weight excluding hydrogens is 199 g/mol. The van der Waals surface area contributed by atoms with Gasteiger partial charge in [0, 0.05) is 12.6 Å². The highest BCUT2D eigenvalue weighted by Gasteiger charge is 2.25. The molecule has 1 aliphatic heterocycles. The largest absolute Gasteiger partial charge is 0.481 e. The van der Waals surface area contributed by atoms with Crippen molar-refractivity contribution in [3.8, 4) is 5.75 Å². The van der Waals surface area contributed by atoms with Crippen molar-refractivity contribution in [2.75, 3.05) is 23.8 Å². The fraction of sp³-hybridized carbons (Fsp3) is 0.300. The van der Waals surface area contributed by atoms with Crippen molar-refractivity contribution in [3.63, 3.8) is 0 Å². The van der Waals surface area contributed by atoms with E-state index in [2.05, 4.69) is 0 Å². The van der Waals surface area contributed by atoms with Crippen LogP contribution < -0.4 is 15.4 Å². The number of carbonyl (C=O) groups excluding carboxylic acids is 1. The van der Waals surface area contributed by atoms with Gasteiger partial charge in [0.1, 0.15) is 11.6 Å². The molecule has 0 aromatic heterocycles. The molecule has 2 rings (SSSR count). The molecule has 0 aliphatic carbocycles. The lowest BCUT2D eigenvalue weighted by molar-refractivity contribution is -0.121. The highest BCUT2D eigenvalue weighted by Crippen LogP contribution is 2.35. The molecule has 0 radical (unpaired) electrons. The highest BCUT2D eigenvalue weighted by atomic mass is 19.1. The zero-order chi connectivity index (χ0) is 11.0. The first-order chi connectivity index (χ1) is 7.13. The number of fused-ring (bicyclic) bond motifs is 1. The zero-order valence-electron chi connectivity index (χ0n) is 8.29. The van der Waals surface area contributed by atoms with Crippen LogP contribution in [-0.4, -0.2) is 19.1 Å². The molecule has 0 bridgehead atoms. The van der Waals surface area contributed by atoms with Crippen molar-refractivity contribution in [3.05, 3.63) is 17.9 Å². The molecule has 4 nitrogen and oxygen atoms in total. The molecule has 1 heterocycles. The van der Waals surface area contributed by atoms with Gasteiger partial charge < -0.3 is 15.4 Å².